The Labute approximate surface area is 106 Å². The minimum Gasteiger partial charge on any atom is -0.390 e. The van der Waals surface area contributed by atoms with E-state index in [1.165, 1.54) is 12.1 Å². The number of aryl methyl sites for hydroxylation is 1. The number of rotatable bonds is 7. The lowest BCUT2D eigenvalue weighted by atomic mass is 10.0. The quantitative estimate of drug-likeness (QED) is 0.575. The third-order valence-corrected chi connectivity index (χ3v) is 2.90. The van der Waals surface area contributed by atoms with E-state index >= 15 is 0 Å². The van der Waals surface area contributed by atoms with Gasteiger partial charge in [0, 0.05) is 12.1 Å². The van der Waals surface area contributed by atoms with Crippen molar-refractivity contribution >= 4 is 5.69 Å². The van der Waals surface area contributed by atoms with Gasteiger partial charge in [-0.15, -0.1) is 0 Å². The number of benzene rings is 1. The highest BCUT2D eigenvalue weighted by Gasteiger charge is 2.15. The van der Waals surface area contributed by atoms with Crippen LogP contribution < -0.4 is 0 Å². The van der Waals surface area contributed by atoms with E-state index in [0.29, 0.717) is 19.3 Å². The van der Waals surface area contributed by atoms with Crippen molar-refractivity contribution in [3.05, 3.63) is 39.9 Å². The van der Waals surface area contributed by atoms with Gasteiger partial charge >= 0.3 is 0 Å². The van der Waals surface area contributed by atoms with Gasteiger partial charge in [0.1, 0.15) is 0 Å². The number of hydrogen-bond donors (Lipinski definition) is 2. The first-order chi connectivity index (χ1) is 8.54. The molecule has 0 heterocycles. The average Bonchev–Trinajstić information content (AvgIpc) is 2.36. The van der Waals surface area contributed by atoms with Crippen molar-refractivity contribution in [1.82, 2.24) is 0 Å². The molecule has 2 N–H and O–H groups in total. The smallest absolute Gasteiger partial charge is 0.269 e. The highest BCUT2D eigenvalue weighted by atomic mass is 16.6. The van der Waals surface area contributed by atoms with Gasteiger partial charge in [0.2, 0.25) is 0 Å². The standard InChI is InChI=1S/C13H19NO4/c1-2-3-12(15)13(16)9-6-10-4-7-11(8-5-10)14(17)18/h4-5,7-8,12-13,15-16H,2-3,6,9H2,1H3. The highest BCUT2D eigenvalue weighted by molar-refractivity contribution is 5.32. The van der Waals surface area contributed by atoms with Crippen LogP contribution in [-0.4, -0.2) is 27.3 Å². The molecule has 1 aromatic rings. The number of hydrogen-bond acceptors (Lipinski definition) is 4. The van der Waals surface area contributed by atoms with E-state index in [2.05, 4.69) is 0 Å². The van der Waals surface area contributed by atoms with E-state index in [4.69, 9.17) is 0 Å². The second-order valence-corrected chi connectivity index (χ2v) is 4.39. The van der Waals surface area contributed by atoms with E-state index in [1.54, 1.807) is 12.1 Å². The molecule has 1 aromatic carbocycles. The molecule has 0 radical (unpaired) electrons. The predicted octanol–water partition coefficient (Wildman–Crippen LogP) is 2.05. The van der Waals surface area contributed by atoms with Crippen LogP contribution in [0.15, 0.2) is 24.3 Å². The van der Waals surface area contributed by atoms with Crippen LogP contribution in [0.3, 0.4) is 0 Å². The van der Waals surface area contributed by atoms with Crippen molar-refractivity contribution in [3.8, 4) is 0 Å². The summed E-state index contributed by atoms with van der Waals surface area (Å²) in [6.07, 6.45) is 1.05. The largest absolute Gasteiger partial charge is 0.390 e. The number of non-ortho nitro benzene ring substituents is 1. The van der Waals surface area contributed by atoms with Crippen molar-refractivity contribution < 1.29 is 15.1 Å². The molecule has 2 unspecified atom stereocenters. The molecule has 0 bridgehead atoms. The van der Waals surface area contributed by atoms with E-state index < -0.39 is 17.1 Å². The van der Waals surface area contributed by atoms with Gasteiger partial charge in [-0.25, -0.2) is 0 Å². The van der Waals surface area contributed by atoms with Gasteiger partial charge in [-0.1, -0.05) is 25.5 Å². The van der Waals surface area contributed by atoms with Gasteiger partial charge < -0.3 is 10.2 Å². The van der Waals surface area contributed by atoms with Gasteiger partial charge in [0.25, 0.3) is 5.69 Å². The average molecular weight is 253 g/mol. The third-order valence-electron chi connectivity index (χ3n) is 2.90. The molecule has 0 amide bonds. The molecule has 5 nitrogen and oxygen atoms in total. The maximum absolute atomic E-state index is 10.5. The lowest BCUT2D eigenvalue weighted by Crippen LogP contribution is -2.26. The Morgan fingerprint density at radius 2 is 1.72 bits per heavy atom. The molecular formula is C13H19NO4. The Kier molecular flexibility index (Phi) is 5.74. The van der Waals surface area contributed by atoms with E-state index in [0.717, 1.165) is 12.0 Å². The van der Waals surface area contributed by atoms with E-state index in [9.17, 15) is 20.3 Å². The molecule has 18 heavy (non-hydrogen) atoms. The molecule has 0 aliphatic carbocycles. The zero-order valence-corrected chi connectivity index (χ0v) is 10.5. The van der Waals surface area contributed by atoms with Crippen molar-refractivity contribution in [3.63, 3.8) is 0 Å². The second-order valence-electron chi connectivity index (χ2n) is 4.39. The molecule has 0 aliphatic heterocycles. The van der Waals surface area contributed by atoms with Crippen LogP contribution in [0.1, 0.15) is 31.7 Å². The summed E-state index contributed by atoms with van der Waals surface area (Å²) in [7, 11) is 0. The summed E-state index contributed by atoms with van der Waals surface area (Å²) in [6.45, 7) is 1.95. The lowest BCUT2D eigenvalue weighted by Gasteiger charge is -2.16. The number of nitrogens with zero attached hydrogens (tertiary/aromatic N) is 1. The van der Waals surface area contributed by atoms with Crippen LogP contribution >= 0.6 is 0 Å². The Morgan fingerprint density at radius 3 is 2.22 bits per heavy atom. The highest BCUT2D eigenvalue weighted by Crippen LogP contribution is 2.15. The Hall–Kier alpha value is -1.46. The third kappa shape index (κ3) is 4.43. The molecule has 1 rings (SSSR count). The summed E-state index contributed by atoms with van der Waals surface area (Å²) in [5.74, 6) is 0. The molecule has 0 spiro atoms. The van der Waals surface area contributed by atoms with Gasteiger partial charge in [0.05, 0.1) is 17.1 Å². The van der Waals surface area contributed by atoms with Crippen LogP contribution in [0.2, 0.25) is 0 Å². The van der Waals surface area contributed by atoms with Crippen LogP contribution in [0.5, 0.6) is 0 Å². The number of nitro benzene ring substituents is 1. The molecule has 2 atom stereocenters. The summed E-state index contributed by atoms with van der Waals surface area (Å²) >= 11 is 0. The zero-order valence-electron chi connectivity index (χ0n) is 10.5. The lowest BCUT2D eigenvalue weighted by molar-refractivity contribution is -0.384. The molecule has 0 aromatic heterocycles. The fourth-order valence-electron chi connectivity index (χ4n) is 1.78. The van der Waals surface area contributed by atoms with Gasteiger partial charge in [0.15, 0.2) is 0 Å². The van der Waals surface area contributed by atoms with Gasteiger partial charge in [-0.3, -0.25) is 10.1 Å². The number of aliphatic hydroxyl groups excluding tert-OH is 2. The van der Waals surface area contributed by atoms with Crippen LogP contribution in [0.25, 0.3) is 0 Å². The first-order valence-electron chi connectivity index (χ1n) is 6.14. The van der Waals surface area contributed by atoms with Gasteiger partial charge in [-0.2, -0.15) is 0 Å². The molecule has 0 saturated carbocycles. The van der Waals surface area contributed by atoms with Crippen LogP contribution in [-0.2, 0) is 6.42 Å². The first-order valence-corrected chi connectivity index (χ1v) is 6.14. The zero-order chi connectivity index (χ0) is 13.5. The monoisotopic (exact) mass is 253 g/mol. The summed E-state index contributed by atoms with van der Waals surface area (Å²) < 4.78 is 0. The van der Waals surface area contributed by atoms with Crippen molar-refractivity contribution in [1.29, 1.82) is 0 Å². The SMILES string of the molecule is CCCC(O)C(O)CCc1ccc([N+](=O)[O-])cc1. The Morgan fingerprint density at radius 1 is 1.17 bits per heavy atom. The Balaban J connectivity index is 2.46. The number of nitro groups is 1. The fourth-order valence-corrected chi connectivity index (χ4v) is 1.78. The maximum atomic E-state index is 10.5. The topological polar surface area (TPSA) is 83.6 Å². The van der Waals surface area contributed by atoms with Gasteiger partial charge in [-0.05, 0) is 24.8 Å². The Bertz CT molecular complexity index is 377. The van der Waals surface area contributed by atoms with Crippen molar-refractivity contribution in [2.75, 3.05) is 0 Å². The van der Waals surface area contributed by atoms with Crippen molar-refractivity contribution in [2.45, 2.75) is 44.8 Å². The summed E-state index contributed by atoms with van der Waals surface area (Å²) in [4.78, 5) is 10.0. The summed E-state index contributed by atoms with van der Waals surface area (Å²) in [5, 5.41) is 29.7. The van der Waals surface area contributed by atoms with Crippen LogP contribution in [0.4, 0.5) is 5.69 Å². The van der Waals surface area contributed by atoms with Crippen LogP contribution in [0, 0.1) is 10.1 Å². The first kappa shape index (κ1) is 14.6. The number of aliphatic hydroxyl groups is 2. The normalized spacial score (nSPS) is 14.2. The fraction of sp³-hybridized carbons (Fsp3) is 0.538. The van der Waals surface area contributed by atoms with E-state index in [-0.39, 0.29) is 5.69 Å². The van der Waals surface area contributed by atoms with E-state index in [1.807, 2.05) is 6.92 Å². The molecule has 5 heteroatoms. The minimum absolute atomic E-state index is 0.0605. The predicted molar refractivity (Wildman–Crippen MR) is 68.3 cm³/mol. The molecule has 0 saturated heterocycles. The molecule has 0 fully saturated rings. The summed E-state index contributed by atoms with van der Waals surface area (Å²) in [6, 6.07) is 6.25. The second kappa shape index (κ2) is 7.08. The summed E-state index contributed by atoms with van der Waals surface area (Å²) in [5.41, 5.74) is 0.980. The molecule has 0 aliphatic rings. The molecule has 100 valence electrons. The maximum Gasteiger partial charge on any atom is 0.269 e. The minimum atomic E-state index is -0.736. The van der Waals surface area contributed by atoms with Crippen molar-refractivity contribution in [2.24, 2.45) is 0 Å². The molecular weight excluding hydrogens is 234 g/mol.